The largest absolute Gasteiger partial charge is 0.382 e. The lowest BCUT2D eigenvalue weighted by molar-refractivity contribution is 0.126. The molecule has 0 aliphatic heterocycles. The molecule has 3 rings (SSSR count). The Labute approximate surface area is 180 Å². The fourth-order valence-corrected chi connectivity index (χ4v) is 4.93. The van der Waals surface area contributed by atoms with E-state index in [1.54, 1.807) is 0 Å². The summed E-state index contributed by atoms with van der Waals surface area (Å²) in [5, 5.41) is 0. The molecule has 0 saturated carbocycles. The summed E-state index contributed by atoms with van der Waals surface area (Å²) in [5.41, 5.74) is 9.26. The van der Waals surface area contributed by atoms with Gasteiger partial charge in [0.15, 0.2) is 15.7 Å². The molecule has 0 unspecified atom stereocenters. The lowest BCUT2D eigenvalue weighted by Crippen LogP contribution is -2.12. The van der Waals surface area contributed by atoms with Crippen molar-refractivity contribution in [1.29, 1.82) is 0 Å². The van der Waals surface area contributed by atoms with E-state index in [4.69, 9.17) is 10.5 Å². The third-order valence-corrected chi connectivity index (χ3v) is 7.01. The lowest BCUT2D eigenvalue weighted by atomic mass is 10.2. The highest BCUT2D eigenvalue weighted by Crippen LogP contribution is 2.27. The van der Waals surface area contributed by atoms with Crippen LogP contribution in [0.1, 0.15) is 36.8 Å². The van der Waals surface area contributed by atoms with Crippen molar-refractivity contribution >= 4 is 26.7 Å². The quantitative estimate of drug-likeness (QED) is 0.393. The zero-order valence-electron chi connectivity index (χ0n) is 17.8. The average Bonchev–Trinajstić information content (AvgIpc) is 3.06. The predicted octanol–water partition coefficient (Wildman–Crippen LogP) is 3.70. The standard InChI is InChI=1S/C21H26F2N4O3S/c1-4-30-12-18-26-19-20(13(2)14(3)25-21(19)24)27(18)9-5-6-10-31(28,29)17-8-7-15(22)11-16(17)23/h7-8,11H,4-6,9-10,12H2,1-3H3,(H2,24,25). The van der Waals surface area contributed by atoms with E-state index in [1.165, 1.54) is 0 Å². The molecule has 1 aromatic carbocycles. The first-order valence-electron chi connectivity index (χ1n) is 10.0. The van der Waals surface area contributed by atoms with E-state index in [9.17, 15) is 17.2 Å². The van der Waals surface area contributed by atoms with Crippen molar-refractivity contribution in [2.45, 2.75) is 51.7 Å². The zero-order chi connectivity index (χ0) is 22.8. The predicted molar refractivity (Wildman–Crippen MR) is 114 cm³/mol. The summed E-state index contributed by atoms with van der Waals surface area (Å²) in [7, 11) is -3.86. The van der Waals surface area contributed by atoms with Gasteiger partial charge in [-0.1, -0.05) is 0 Å². The van der Waals surface area contributed by atoms with Gasteiger partial charge in [0, 0.05) is 24.9 Å². The van der Waals surface area contributed by atoms with Crippen molar-refractivity contribution < 1.29 is 21.9 Å². The Hall–Kier alpha value is -2.59. The molecule has 0 amide bonds. The number of sulfone groups is 1. The summed E-state index contributed by atoms with van der Waals surface area (Å²) < 4.78 is 59.4. The van der Waals surface area contributed by atoms with Gasteiger partial charge in [0.05, 0.1) is 11.3 Å². The van der Waals surface area contributed by atoms with Crippen LogP contribution in [0.3, 0.4) is 0 Å². The number of imidazole rings is 1. The lowest BCUT2D eigenvalue weighted by Gasteiger charge is -2.12. The number of nitrogens with zero attached hydrogens (tertiary/aromatic N) is 3. The summed E-state index contributed by atoms with van der Waals surface area (Å²) in [6, 6.07) is 2.48. The maximum atomic E-state index is 13.9. The number of halogens is 2. The molecule has 0 aliphatic carbocycles. The molecule has 0 bridgehead atoms. The molecular weight excluding hydrogens is 426 g/mol. The van der Waals surface area contributed by atoms with Crippen LogP contribution in [-0.4, -0.2) is 35.3 Å². The van der Waals surface area contributed by atoms with Crippen LogP contribution in [0, 0.1) is 25.5 Å². The summed E-state index contributed by atoms with van der Waals surface area (Å²) in [6.07, 6.45) is 0.804. The van der Waals surface area contributed by atoms with Gasteiger partial charge in [-0.3, -0.25) is 0 Å². The number of benzene rings is 1. The maximum absolute atomic E-state index is 13.9. The fourth-order valence-electron chi connectivity index (χ4n) is 3.49. The van der Waals surface area contributed by atoms with Gasteiger partial charge in [-0.2, -0.15) is 0 Å². The maximum Gasteiger partial charge on any atom is 0.181 e. The SMILES string of the molecule is CCOCc1nc2c(N)nc(C)c(C)c2n1CCCCS(=O)(=O)c1ccc(F)cc1F. The summed E-state index contributed by atoms with van der Waals surface area (Å²) in [6.45, 7) is 7.00. The van der Waals surface area contributed by atoms with Crippen LogP contribution in [0.25, 0.3) is 11.0 Å². The molecule has 3 aromatic rings. The number of fused-ring (bicyclic) bond motifs is 1. The third-order valence-electron chi connectivity index (χ3n) is 5.18. The zero-order valence-corrected chi connectivity index (χ0v) is 18.6. The second-order valence-electron chi connectivity index (χ2n) is 7.32. The van der Waals surface area contributed by atoms with Crippen LogP contribution in [0.5, 0.6) is 0 Å². The first-order valence-corrected chi connectivity index (χ1v) is 11.7. The molecule has 7 nitrogen and oxygen atoms in total. The second-order valence-corrected chi connectivity index (χ2v) is 9.40. The van der Waals surface area contributed by atoms with Crippen molar-refractivity contribution in [2.24, 2.45) is 0 Å². The number of ether oxygens (including phenoxy) is 1. The molecule has 168 valence electrons. The fraction of sp³-hybridized carbons (Fsp3) is 0.429. The third kappa shape index (κ3) is 4.85. The minimum Gasteiger partial charge on any atom is -0.382 e. The van der Waals surface area contributed by atoms with Gasteiger partial charge in [-0.15, -0.1) is 0 Å². The number of pyridine rings is 1. The molecule has 0 radical (unpaired) electrons. The first-order chi connectivity index (χ1) is 14.7. The Bertz CT molecular complexity index is 1210. The molecule has 2 aromatic heterocycles. The van der Waals surface area contributed by atoms with Gasteiger partial charge in [-0.25, -0.2) is 27.2 Å². The van der Waals surface area contributed by atoms with Crippen LogP contribution >= 0.6 is 0 Å². The summed E-state index contributed by atoms with van der Waals surface area (Å²) in [5.74, 6) is -1.11. The van der Waals surface area contributed by atoms with Gasteiger partial charge in [-0.05, 0) is 51.3 Å². The number of nitrogen functional groups attached to an aromatic ring is 1. The van der Waals surface area contributed by atoms with Crippen LogP contribution < -0.4 is 5.73 Å². The van der Waals surface area contributed by atoms with Crippen LogP contribution in [0.15, 0.2) is 23.1 Å². The minimum atomic E-state index is -3.86. The molecule has 0 spiro atoms. The van der Waals surface area contributed by atoms with Crippen molar-refractivity contribution in [2.75, 3.05) is 18.1 Å². The molecule has 0 aliphatic rings. The van der Waals surface area contributed by atoms with Gasteiger partial charge < -0.3 is 15.0 Å². The highest BCUT2D eigenvalue weighted by molar-refractivity contribution is 7.91. The molecule has 0 atom stereocenters. The van der Waals surface area contributed by atoms with Crippen molar-refractivity contribution in [3.63, 3.8) is 0 Å². The topological polar surface area (TPSA) is 100 Å². The second kappa shape index (κ2) is 9.27. The van der Waals surface area contributed by atoms with E-state index in [0.717, 1.165) is 28.9 Å². The van der Waals surface area contributed by atoms with E-state index in [2.05, 4.69) is 9.97 Å². The van der Waals surface area contributed by atoms with Crippen LogP contribution in [0.2, 0.25) is 0 Å². The molecule has 2 N–H and O–H groups in total. The van der Waals surface area contributed by atoms with Crippen molar-refractivity contribution in [3.8, 4) is 0 Å². The van der Waals surface area contributed by atoms with Gasteiger partial charge in [0.25, 0.3) is 0 Å². The van der Waals surface area contributed by atoms with Crippen molar-refractivity contribution in [1.82, 2.24) is 14.5 Å². The molecule has 10 heteroatoms. The van der Waals surface area contributed by atoms with Gasteiger partial charge in [0.1, 0.15) is 34.5 Å². The normalized spacial score (nSPS) is 12.0. The van der Waals surface area contributed by atoms with Gasteiger partial charge in [0.2, 0.25) is 0 Å². The van der Waals surface area contributed by atoms with Crippen molar-refractivity contribution in [3.05, 3.63) is 46.9 Å². The number of nitrogens with two attached hydrogens (primary N) is 1. The minimum absolute atomic E-state index is 0.245. The number of unbranched alkanes of at least 4 members (excludes halogenated alkanes) is 1. The Balaban J connectivity index is 1.80. The number of hydrogen-bond acceptors (Lipinski definition) is 6. The Morgan fingerprint density at radius 2 is 1.90 bits per heavy atom. The number of hydrogen-bond donors (Lipinski definition) is 1. The van der Waals surface area contributed by atoms with Crippen LogP contribution in [-0.2, 0) is 27.7 Å². The monoisotopic (exact) mass is 452 g/mol. The highest BCUT2D eigenvalue weighted by Gasteiger charge is 2.21. The Kier molecular flexibility index (Phi) is 6.90. The Morgan fingerprint density at radius 3 is 2.58 bits per heavy atom. The summed E-state index contributed by atoms with van der Waals surface area (Å²) in [4.78, 5) is 8.44. The van der Waals surface area contributed by atoms with Gasteiger partial charge >= 0.3 is 0 Å². The van der Waals surface area contributed by atoms with E-state index < -0.39 is 26.4 Å². The van der Waals surface area contributed by atoms with E-state index in [1.807, 2.05) is 25.3 Å². The molecule has 0 fully saturated rings. The highest BCUT2D eigenvalue weighted by atomic mass is 32.2. The Morgan fingerprint density at radius 1 is 1.16 bits per heavy atom. The van der Waals surface area contributed by atoms with E-state index >= 15 is 0 Å². The molecule has 2 heterocycles. The number of rotatable bonds is 9. The molecule has 0 saturated heterocycles. The first kappa shape index (κ1) is 23.1. The number of aryl methyl sites for hydroxylation is 3. The average molecular weight is 453 g/mol. The van der Waals surface area contributed by atoms with E-state index in [0.29, 0.717) is 55.8 Å². The number of aromatic nitrogens is 3. The summed E-state index contributed by atoms with van der Waals surface area (Å²) >= 11 is 0. The van der Waals surface area contributed by atoms with E-state index in [-0.39, 0.29) is 5.75 Å². The smallest absolute Gasteiger partial charge is 0.181 e. The van der Waals surface area contributed by atoms with Crippen LogP contribution in [0.4, 0.5) is 14.6 Å². The molecular formula is C21H26F2N4O3S. The molecule has 31 heavy (non-hydrogen) atoms. The number of anilines is 1.